The highest BCUT2D eigenvalue weighted by Gasteiger charge is 2.33. The van der Waals surface area contributed by atoms with Crippen molar-refractivity contribution in [1.82, 2.24) is 14.5 Å². The molecule has 1 aliphatic rings. The van der Waals surface area contributed by atoms with Crippen LogP contribution in [-0.2, 0) is 16.1 Å². The molecule has 0 amide bonds. The summed E-state index contributed by atoms with van der Waals surface area (Å²) in [5.41, 5.74) is 1.51. The van der Waals surface area contributed by atoms with Gasteiger partial charge in [-0.2, -0.15) is 0 Å². The number of carboxylic acids is 2. The number of rotatable bonds is 7. The van der Waals surface area contributed by atoms with Crippen LogP contribution in [0.1, 0.15) is 18.0 Å². The van der Waals surface area contributed by atoms with Gasteiger partial charge in [-0.05, 0) is 24.3 Å². The van der Waals surface area contributed by atoms with Gasteiger partial charge in [0.15, 0.2) is 0 Å². The molecular weight excluding hydrogens is 464 g/mol. The molecule has 4 rings (SSSR count). The van der Waals surface area contributed by atoms with E-state index < -0.39 is 18.0 Å². The standard InChI is InChI=1S/C22H23BrN4O4/c23-15-4-5-16-17(14-27(18(16)13-15)8-6-20(28)29)21(22(30)31)26-11-9-25(10-12-26)19-3-1-2-7-24-19/h1-5,7,13-14,21H,6,8-12H2,(H,28,29)(H,30,31)/t21-/m0/s1. The zero-order valence-corrected chi connectivity index (χ0v) is 18.4. The average Bonchev–Trinajstić information content (AvgIpc) is 3.10. The van der Waals surface area contributed by atoms with Crippen molar-refractivity contribution < 1.29 is 19.8 Å². The molecule has 8 nitrogen and oxygen atoms in total. The molecule has 3 heterocycles. The molecular formula is C22H23BrN4O4. The fourth-order valence-electron chi connectivity index (χ4n) is 4.15. The second-order valence-electron chi connectivity index (χ2n) is 7.53. The van der Waals surface area contributed by atoms with Crippen LogP contribution in [0.4, 0.5) is 5.82 Å². The number of anilines is 1. The maximum Gasteiger partial charge on any atom is 0.325 e. The molecule has 0 bridgehead atoms. The Hall–Kier alpha value is -2.91. The van der Waals surface area contributed by atoms with Crippen molar-refractivity contribution >= 4 is 44.6 Å². The minimum Gasteiger partial charge on any atom is -0.481 e. The summed E-state index contributed by atoms with van der Waals surface area (Å²) in [6.07, 6.45) is 3.52. The first-order valence-corrected chi connectivity index (χ1v) is 10.9. The van der Waals surface area contributed by atoms with Crippen molar-refractivity contribution in [2.75, 3.05) is 31.1 Å². The number of benzene rings is 1. The zero-order valence-electron chi connectivity index (χ0n) is 16.8. The van der Waals surface area contributed by atoms with Gasteiger partial charge in [0.25, 0.3) is 0 Å². The van der Waals surface area contributed by atoms with E-state index in [0.717, 1.165) is 21.2 Å². The third-order valence-corrected chi connectivity index (χ3v) is 6.12. The second-order valence-corrected chi connectivity index (χ2v) is 8.45. The Morgan fingerprint density at radius 3 is 2.52 bits per heavy atom. The van der Waals surface area contributed by atoms with Crippen LogP contribution >= 0.6 is 15.9 Å². The summed E-state index contributed by atoms with van der Waals surface area (Å²) in [6, 6.07) is 10.6. The van der Waals surface area contributed by atoms with Crippen molar-refractivity contribution in [3.05, 3.63) is 58.8 Å². The normalized spacial score (nSPS) is 15.8. The molecule has 2 N–H and O–H groups in total. The highest BCUT2D eigenvalue weighted by atomic mass is 79.9. The molecule has 0 aliphatic carbocycles. The van der Waals surface area contributed by atoms with Crippen molar-refractivity contribution in [3.8, 4) is 0 Å². The molecule has 0 unspecified atom stereocenters. The molecule has 1 saturated heterocycles. The Morgan fingerprint density at radius 2 is 1.87 bits per heavy atom. The number of aromatic nitrogens is 2. The van der Waals surface area contributed by atoms with Crippen LogP contribution in [0, 0.1) is 0 Å². The Bertz CT molecular complexity index is 1090. The number of nitrogens with zero attached hydrogens (tertiary/aromatic N) is 4. The van der Waals surface area contributed by atoms with Crippen LogP contribution in [0.2, 0.25) is 0 Å². The van der Waals surface area contributed by atoms with Gasteiger partial charge in [0, 0.05) is 66.1 Å². The maximum absolute atomic E-state index is 12.4. The lowest BCUT2D eigenvalue weighted by atomic mass is 10.0. The maximum atomic E-state index is 12.4. The summed E-state index contributed by atoms with van der Waals surface area (Å²) in [5.74, 6) is -0.908. The number of hydrogen-bond acceptors (Lipinski definition) is 5. The summed E-state index contributed by atoms with van der Waals surface area (Å²) in [5, 5.41) is 20.0. The Kier molecular flexibility index (Phi) is 6.24. The molecule has 2 aromatic heterocycles. The average molecular weight is 487 g/mol. The summed E-state index contributed by atoms with van der Waals surface area (Å²) >= 11 is 3.46. The third-order valence-electron chi connectivity index (χ3n) is 5.62. The van der Waals surface area contributed by atoms with E-state index in [9.17, 15) is 14.7 Å². The molecule has 9 heteroatoms. The van der Waals surface area contributed by atoms with Crippen LogP contribution in [-0.4, -0.2) is 62.8 Å². The summed E-state index contributed by atoms with van der Waals surface area (Å²) in [4.78, 5) is 32.0. The van der Waals surface area contributed by atoms with E-state index in [1.54, 1.807) is 12.4 Å². The lowest BCUT2D eigenvalue weighted by Crippen LogP contribution is -2.49. The predicted octanol–water partition coefficient (Wildman–Crippen LogP) is 3.22. The quantitative estimate of drug-likeness (QED) is 0.528. The fraction of sp³-hybridized carbons (Fsp3) is 0.318. The number of fused-ring (bicyclic) bond motifs is 1. The molecule has 3 aromatic rings. The van der Waals surface area contributed by atoms with Gasteiger partial charge in [-0.25, -0.2) is 4.98 Å². The van der Waals surface area contributed by atoms with Crippen molar-refractivity contribution in [2.45, 2.75) is 19.0 Å². The van der Waals surface area contributed by atoms with E-state index in [2.05, 4.69) is 25.8 Å². The van der Waals surface area contributed by atoms with Gasteiger partial charge in [-0.3, -0.25) is 14.5 Å². The molecule has 1 fully saturated rings. The molecule has 1 aromatic carbocycles. The Labute approximate surface area is 187 Å². The third kappa shape index (κ3) is 4.57. The number of carboxylic acid groups (broad SMARTS) is 2. The van der Waals surface area contributed by atoms with E-state index in [1.807, 2.05) is 45.9 Å². The van der Waals surface area contributed by atoms with E-state index in [1.165, 1.54) is 0 Å². The van der Waals surface area contributed by atoms with E-state index >= 15 is 0 Å². The Balaban J connectivity index is 1.63. The minimum absolute atomic E-state index is 0.0315. The van der Waals surface area contributed by atoms with E-state index in [0.29, 0.717) is 31.7 Å². The van der Waals surface area contributed by atoms with Crippen molar-refractivity contribution in [1.29, 1.82) is 0 Å². The first-order valence-electron chi connectivity index (χ1n) is 10.1. The van der Waals surface area contributed by atoms with E-state index in [4.69, 9.17) is 5.11 Å². The Morgan fingerprint density at radius 1 is 1.10 bits per heavy atom. The number of aryl methyl sites for hydroxylation is 1. The summed E-state index contributed by atoms with van der Waals surface area (Å²) in [6.45, 7) is 2.83. The monoisotopic (exact) mass is 486 g/mol. The minimum atomic E-state index is -0.911. The van der Waals surface area contributed by atoms with Gasteiger partial charge in [0.1, 0.15) is 11.9 Å². The molecule has 162 valence electrons. The number of halogens is 1. The predicted molar refractivity (Wildman–Crippen MR) is 120 cm³/mol. The van der Waals surface area contributed by atoms with Crippen molar-refractivity contribution in [2.24, 2.45) is 0 Å². The molecule has 0 saturated carbocycles. The highest BCUT2D eigenvalue weighted by molar-refractivity contribution is 9.10. The largest absolute Gasteiger partial charge is 0.481 e. The van der Waals surface area contributed by atoms with Gasteiger partial charge < -0.3 is 19.7 Å². The molecule has 31 heavy (non-hydrogen) atoms. The second kappa shape index (κ2) is 9.07. The lowest BCUT2D eigenvalue weighted by Gasteiger charge is -2.38. The van der Waals surface area contributed by atoms with E-state index in [-0.39, 0.29) is 13.0 Å². The first-order chi connectivity index (χ1) is 14.9. The molecule has 1 aliphatic heterocycles. The summed E-state index contributed by atoms with van der Waals surface area (Å²) in [7, 11) is 0. The highest BCUT2D eigenvalue weighted by Crippen LogP contribution is 2.33. The van der Waals surface area contributed by atoms with Crippen LogP contribution in [0.5, 0.6) is 0 Å². The number of hydrogen-bond donors (Lipinski definition) is 2. The van der Waals surface area contributed by atoms with Crippen molar-refractivity contribution in [3.63, 3.8) is 0 Å². The van der Waals surface area contributed by atoms with Gasteiger partial charge in [-0.1, -0.05) is 28.1 Å². The topological polar surface area (TPSA) is 98.9 Å². The molecule has 0 spiro atoms. The van der Waals surface area contributed by atoms with Gasteiger partial charge >= 0.3 is 11.9 Å². The summed E-state index contributed by atoms with van der Waals surface area (Å²) < 4.78 is 2.70. The SMILES string of the molecule is O=C(O)CCn1cc([C@@H](C(=O)O)N2CCN(c3ccccn3)CC2)c2ccc(Br)cc21. The number of aliphatic carboxylic acids is 2. The fourth-order valence-corrected chi connectivity index (χ4v) is 4.50. The molecule has 0 radical (unpaired) electrons. The first kappa shape index (κ1) is 21.3. The van der Waals surface area contributed by atoms with Gasteiger partial charge in [0.2, 0.25) is 0 Å². The number of carbonyl (C=O) groups is 2. The molecule has 1 atom stereocenters. The van der Waals surface area contributed by atoms with Crippen LogP contribution in [0.3, 0.4) is 0 Å². The van der Waals surface area contributed by atoms with Crippen LogP contribution in [0.15, 0.2) is 53.3 Å². The number of piperazine rings is 1. The number of pyridine rings is 1. The van der Waals surface area contributed by atoms with Gasteiger partial charge in [0.05, 0.1) is 6.42 Å². The lowest BCUT2D eigenvalue weighted by molar-refractivity contribution is -0.143. The smallest absolute Gasteiger partial charge is 0.325 e. The zero-order chi connectivity index (χ0) is 22.0. The van der Waals surface area contributed by atoms with Gasteiger partial charge in [-0.15, -0.1) is 0 Å². The van der Waals surface area contributed by atoms with Crippen LogP contribution in [0.25, 0.3) is 10.9 Å². The van der Waals surface area contributed by atoms with Crippen LogP contribution < -0.4 is 4.90 Å².